The summed E-state index contributed by atoms with van der Waals surface area (Å²) in [4.78, 5) is 40.2. The number of carbonyl (C=O) groups excluding carboxylic acids is 1. The van der Waals surface area contributed by atoms with Crippen LogP contribution in [0.2, 0.25) is 0 Å². The quantitative estimate of drug-likeness (QED) is 0.630. The van der Waals surface area contributed by atoms with E-state index in [4.69, 9.17) is 0 Å². The van der Waals surface area contributed by atoms with E-state index in [0.717, 1.165) is 4.57 Å². The van der Waals surface area contributed by atoms with Crippen molar-refractivity contribution in [3.05, 3.63) is 70.8 Å². The Morgan fingerprint density at radius 3 is 2.50 bits per heavy atom. The van der Waals surface area contributed by atoms with Crippen LogP contribution in [0.3, 0.4) is 0 Å². The second-order valence-electron chi connectivity index (χ2n) is 5.63. The Bertz CT molecular complexity index is 1030. The largest absolute Gasteiger partial charge is 0.508 e. The standard InChI is InChI=1S/C18H15N3O5/c22-12-7-5-11(6-8-12)16(18(25)26)20-15(23)9-21-10-19-14-4-2-1-3-13(14)17(21)24/h1-8,10,16,22H,9H2,(H,20,23)(H,25,26)/t16-/m1/s1. The van der Waals surface area contributed by atoms with E-state index in [1.807, 2.05) is 0 Å². The van der Waals surface area contributed by atoms with Gasteiger partial charge < -0.3 is 15.5 Å². The molecule has 0 fully saturated rings. The van der Waals surface area contributed by atoms with Crippen molar-refractivity contribution in [2.75, 3.05) is 0 Å². The second-order valence-corrected chi connectivity index (χ2v) is 5.63. The van der Waals surface area contributed by atoms with Gasteiger partial charge in [0.2, 0.25) is 5.91 Å². The first kappa shape index (κ1) is 17.2. The first-order chi connectivity index (χ1) is 12.5. The molecule has 1 atom stereocenters. The number of phenolic OH excluding ortho intramolecular Hbond substituents is 1. The highest BCUT2D eigenvalue weighted by Crippen LogP contribution is 2.17. The lowest BCUT2D eigenvalue weighted by Crippen LogP contribution is -2.37. The highest BCUT2D eigenvalue weighted by atomic mass is 16.4. The summed E-state index contributed by atoms with van der Waals surface area (Å²) < 4.78 is 1.12. The molecule has 0 unspecified atom stereocenters. The van der Waals surface area contributed by atoms with Gasteiger partial charge in [0, 0.05) is 0 Å². The van der Waals surface area contributed by atoms with E-state index in [1.54, 1.807) is 24.3 Å². The lowest BCUT2D eigenvalue weighted by atomic mass is 10.1. The summed E-state index contributed by atoms with van der Waals surface area (Å²) in [7, 11) is 0. The highest BCUT2D eigenvalue weighted by molar-refractivity contribution is 5.84. The van der Waals surface area contributed by atoms with Crippen LogP contribution in [0.1, 0.15) is 11.6 Å². The molecule has 3 N–H and O–H groups in total. The predicted octanol–water partition coefficient (Wildman–Crippen LogP) is 1.04. The average molecular weight is 353 g/mol. The van der Waals surface area contributed by atoms with Crippen molar-refractivity contribution in [3.8, 4) is 5.75 Å². The van der Waals surface area contributed by atoms with Gasteiger partial charge >= 0.3 is 5.97 Å². The molecule has 1 amide bonds. The van der Waals surface area contributed by atoms with E-state index in [2.05, 4.69) is 10.3 Å². The summed E-state index contributed by atoms with van der Waals surface area (Å²) in [5, 5.41) is 21.4. The first-order valence-corrected chi connectivity index (χ1v) is 7.71. The van der Waals surface area contributed by atoms with E-state index in [-0.39, 0.29) is 17.9 Å². The number of benzene rings is 2. The molecule has 0 aliphatic carbocycles. The maximum absolute atomic E-state index is 12.4. The van der Waals surface area contributed by atoms with Gasteiger partial charge in [0.05, 0.1) is 17.2 Å². The van der Waals surface area contributed by atoms with Gasteiger partial charge in [-0.15, -0.1) is 0 Å². The maximum Gasteiger partial charge on any atom is 0.330 e. The van der Waals surface area contributed by atoms with Crippen LogP contribution in [0, 0.1) is 0 Å². The van der Waals surface area contributed by atoms with E-state index in [1.165, 1.54) is 30.6 Å². The van der Waals surface area contributed by atoms with Crippen molar-refractivity contribution < 1.29 is 19.8 Å². The van der Waals surface area contributed by atoms with Gasteiger partial charge in [0.1, 0.15) is 12.3 Å². The molecule has 0 aliphatic heterocycles. The molecule has 1 heterocycles. The Hall–Kier alpha value is -3.68. The minimum absolute atomic E-state index is 0.0157. The van der Waals surface area contributed by atoms with E-state index >= 15 is 0 Å². The number of rotatable bonds is 5. The summed E-state index contributed by atoms with van der Waals surface area (Å²) in [6, 6.07) is 10.9. The van der Waals surface area contributed by atoms with Crippen LogP contribution in [-0.4, -0.2) is 31.6 Å². The van der Waals surface area contributed by atoms with Gasteiger partial charge in [0.25, 0.3) is 5.56 Å². The van der Waals surface area contributed by atoms with Crippen LogP contribution in [-0.2, 0) is 16.1 Å². The minimum Gasteiger partial charge on any atom is -0.508 e. The number of aliphatic carboxylic acids is 1. The molecule has 0 radical (unpaired) electrons. The van der Waals surface area contributed by atoms with Gasteiger partial charge in [-0.1, -0.05) is 24.3 Å². The summed E-state index contributed by atoms with van der Waals surface area (Å²) in [6.07, 6.45) is 1.25. The van der Waals surface area contributed by atoms with Crippen molar-refractivity contribution >= 4 is 22.8 Å². The summed E-state index contributed by atoms with van der Waals surface area (Å²) >= 11 is 0. The molecular weight excluding hydrogens is 338 g/mol. The Kier molecular flexibility index (Phi) is 4.66. The van der Waals surface area contributed by atoms with Crippen molar-refractivity contribution in [3.63, 3.8) is 0 Å². The molecule has 0 aliphatic rings. The third-order valence-electron chi connectivity index (χ3n) is 3.82. The van der Waals surface area contributed by atoms with Gasteiger partial charge in [-0.2, -0.15) is 0 Å². The third-order valence-corrected chi connectivity index (χ3v) is 3.82. The Morgan fingerprint density at radius 2 is 1.81 bits per heavy atom. The van der Waals surface area contributed by atoms with Crippen LogP contribution >= 0.6 is 0 Å². The minimum atomic E-state index is -1.30. The number of carboxylic acids is 1. The predicted molar refractivity (Wildman–Crippen MR) is 92.6 cm³/mol. The molecule has 0 saturated heterocycles. The molecule has 1 aromatic heterocycles. The van der Waals surface area contributed by atoms with Gasteiger partial charge in [-0.05, 0) is 29.8 Å². The normalized spacial score (nSPS) is 11.8. The molecule has 26 heavy (non-hydrogen) atoms. The Morgan fingerprint density at radius 1 is 1.12 bits per heavy atom. The van der Waals surface area contributed by atoms with Crippen molar-refractivity contribution in [2.24, 2.45) is 0 Å². The van der Waals surface area contributed by atoms with Crippen molar-refractivity contribution in [1.29, 1.82) is 0 Å². The zero-order chi connectivity index (χ0) is 18.7. The number of nitrogens with one attached hydrogen (secondary N) is 1. The number of aromatic hydroxyl groups is 1. The summed E-state index contributed by atoms with van der Waals surface area (Å²) in [6.45, 7) is -0.363. The Balaban J connectivity index is 1.81. The number of phenols is 1. The fourth-order valence-corrected chi connectivity index (χ4v) is 2.53. The maximum atomic E-state index is 12.4. The molecular formula is C18H15N3O5. The Labute approximate surface area is 147 Å². The number of carboxylic acid groups (broad SMARTS) is 1. The number of para-hydroxylation sites is 1. The molecule has 0 bridgehead atoms. The topological polar surface area (TPSA) is 122 Å². The second kappa shape index (κ2) is 7.06. The first-order valence-electron chi connectivity index (χ1n) is 7.71. The number of nitrogens with zero attached hydrogens (tertiary/aromatic N) is 2. The monoisotopic (exact) mass is 353 g/mol. The SMILES string of the molecule is O=C(Cn1cnc2ccccc2c1=O)N[C@@H](C(=O)O)c1ccc(O)cc1. The number of hydrogen-bond acceptors (Lipinski definition) is 5. The number of carbonyl (C=O) groups is 2. The fraction of sp³-hybridized carbons (Fsp3) is 0.111. The van der Waals surface area contributed by atoms with Crippen LogP contribution in [0.5, 0.6) is 5.75 Å². The van der Waals surface area contributed by atoms with Crippen LogP contribution in [0.15, 0.2) is 59.7 Å². The zero-order valence-electron chi connectivity index (χ0n) is 13.5. The molecule has 3 rings (SSSR count). The highest BCUT2D eigenvalue weighted by Gasteiger charge is 2.22. The number of fused-ring (bicyclic) bond motifs is 1. The number of hydrogen-bond donors (Lipinski definition) is 3. The van der Waals surface area contributed by atoms with Crippen molar-refractivity contribution in [1.82, 2.24) is 14.9 Å². The van der Waals surface area contributed by atoms with Crippen LogP contribution < -0.4 is 10.9 Å². The van der Waals surface area contributed by atoms with Gasteiger partial charge in [-0.25, -0.2) is 9.78 Å². The van der Waals surface area contributed by atoms with Gasteiger partial charge in [-0.3, -0.25) is 14.2 Å². The summed E-state index contributed by atoms with van der Waals surface area (Å²) in [5.74, 6) is -1.92. The van der Waals surface area contributed by atoms with Crippen LogP contribution in [0.25, 0.3) is 10.9 Å². The molecule has 2 aromatic carbocycles. The smallest absolute Gasteiger partial charge is 0.330 e. The molecule has 132 valence electrons. The molecule has 3 aromatic rings. The molecule has 8 heteroatoms. The third kappa shape index (κ3) is 3.54. The summed E-state index contributed by atoms with van der Waals surface area (Å²) in [5.41, 5.74) is 0.427. The lowest BCUT2D eigenvalue weighted by molar-refractivity contribution is -0.142. The van der Waals surface area contributed by atoms with E-state index < -0.39 is 17.9 Å². The lowest BCUT2D eigenvalue weighted by Gasteiger charge is -2.15. The van der Waals surface area contributed by atoms with Gasteiger partial charge in [0.15, 0.2) is 6.04 Å². The number of amides is 1. The average Bonchev–Trinajstić information content (AvgIpc) is 2.63. The number of aromatic nitrogens is 2. The molecule has 0 saturated carbocycles. The van der Waals surface area contributed by atoms with Crippen molar-refractivity contribution in [2.45, 2.75) is 12.6 Å². The molecule has 8 nitrogen and oxygen atoms in total. The van der Waals surface area contributed by atoms with E-state index in [0.29, 0.717) is 16.5 Å². The fourth-order valence-electron chi connectivity index (χ4n) is 2.53. The zero-order valence-corrected chi connectivity index (χ0v) is 13.5. The van der Waals surface area contributed by atoms with Crippen LogP contribution in [0.4, 0.5) is 0 Å². The molecule has 0 spiro atoms. The van der Waals surface area contributed by atoms with E-state index in [9.17, 15) is 24.6 Å².